The van der Waals surface area contributed by atoms with Crippen molar-refractivity contribution < 1.29 is 4.79 Å². The lowest BCUT2D eigenvalue weighted by Crippen LogP contribution is -2.34. The minimum absolute atomic E-state index is 0.0810. The van der Waals surface area contributed by atoms with Gasteiger partial charge in [-0.25, -0.2) is 4.98 Å². The van der Waals surface area contributed by atoms with Crippen LogP contribution < -0.4 is 5.32 Å². The van der Waals surface area contributed by atoms with Gasteiger partial charge in [0.05, 0.1) is 5.51 Å². The summed E-state index contributed by atoms with van der Waals surface area (Å²) in [6, 6.07) is 0.182. The zero-order valence-electron chi connectivity index (χ0n) is 9.36. The Hall–Kier alpha value is -0.940. The molecule has 5 heteroatoms. The third kappa shape index (κ3) is 4.40. The summed E-state index contributed by atoms with van der Waals surface area (Å²) in [6.45, 7) is 2.98. The van der Waals surface area contributed by atoms with Crippen molar-refractivity contribution in [1.82, 2.24) is 15.2 Å². The van der Waals surface area contributed by atoms with Gasteiger partial charge in [0, 0.05) is 11.4 Å². The number of nitrogens with zero attached hydrogens (tertiary/aromatic N) is 2. The van der Waals surface area contributed by atoms with Crippen LogP contribution >= 0.6 is 11.3 Å². The second kappa shape index (κ2) is 5.82. The summed E-state index contributed by atoms with van der Waals surface area (Å²) in [5.41, 5.74) is 2.18. The number of carbonyl (C=O) groups excluding carboxylic acids is 1. The van der Waals surface area contributed by atoms with Gasteiger partial charge in [-0.1, -0.05) is 0 Å². The van der Waals surface area contributed by atoms with E-state index in [1.807, 2.05) is 21.0 Å². The third-order valence-corrected chi connectivity index (χ3v) is 2.64. The van der Waals surface area contributed by atoms with Crippen molar-refractivity contribution in [2.45, 2.75) is 19.4 Å². The molecule has 1 aromatic rings. The molecule has 1 unspecified atom stereocenters. The maximum Gasteiger partial charge on any atom is 0.270 e. The average molecular weight is 227 g/mol. The summed E-state index contributed by atoms with van der Waals surface area (Å²) in [5.74, 6) is -0.0810. The monoisotopic (exact) mass is 227 g/mol. The van der Waals surface area contributed by atoms with Crippen LogP contribution in [0.1, 0.15) is 23.8 Å². The van der Waals surface area contributed by atoms with Crippen LogP contribution in [0, 0.1) is 0 Å². The number of hydrogen-bond donors (Lipinski definition) is 1. The van der Waals surface area contributed by atoms with Crippen LogP contribution in [0.15, 0.2) is 10.9 Å². The lowest BCUT2D eigenvalue weighted by Gasteiger charge is -2.15. The number of rotatable bonds is 5. The fourth-order valence-electron chi connectivity index (χ4n) is 1.15. The molecule has 0 aliphatic rings. The van der Waals surface area contributed by atoms with Gasteiger partial charge in [-0.2, -0.15) is 0 Å². The molecule has 1 aromatic heterocycles. The Kier molecular flexibility index (Phi) is 4.71. The van der Waals surface area contributed by atoms with E-state index in [1.165, 1.54) is 11.3 Å². The van der Waals surface area contributed by atoms with Crippen molar-refractivity contribution >= 4 is 17.2 Å². The highest BCUT2D eigenvalue weighted by molar-refractivity contribution is 7.07. The number of aromatic nitrogens is 1. The Morgan fingerprint density at radius 2 is 2.40 bits per heavy atom. The molecule has 0 spiro atoms. The van der Waals surface area contributed by atoms with E-state index >= 15 is 0 Å². The fraction of sp³-hybridized carbons (Fsp3) is 0.600. The van der Waals surface area contributed by atoms with E-state index < -0.39 is 0 Å². The molecule has 1 amide bonds. The molecule has 0 fully saturated rings. The number of hydrogen-bond acceptors (Lipinski definition) is 4. The summed E-state index contributed by atoms with van der Waals surface area (Å²) in [6.07, 6.45) is 0.947. The largest absolute Gasteiger partial charge is 0.348 e. The molecule has 4 nitrogen and oxygen atoms in total. The van der Waals surface area contributed by atoms with Crippen molar-refractivity contribution in [2.75, 3.05) is 20.6 Å². The van der Waals surface area contributed by atoms with Gasteiger partial charge in [-0.05, 0) is 34.0 Å². The minimum Gasteiger partial charge on any atom is -0.348 e. The molecule has 84 valence electrons. The van der Waals surface area contributed by atoms with E-state index in [0.717, 1.165) is 13.0 Å². The predicted molar refractivity (Wildman–Crippen MR) is 62.2 cm³/mol. The number of carbonyl (C=O) groups is 1. The van der Waals surface area contributed by atoms with Crippen LogP contribution in [0.5, 0.6) is 0 Å². The first-order valence-corrected chi connectivity index (χ1v) is 5.87. The summed E-state index contributed by atoms with van der Waals surface area (Å²) in [7, 11) is 4.05. The zero-order valence-corrected chi connectivity index (χ0v) is 10.2. The van der Waals surface area contributed by atoms with Gasteiger partial charge in [0.25, 0.3) is 5.91 Å². The number of nitrogens with one attached hydrogen (secondary N) is 1. The van der Waals surface area contributed by atoms with Gasteiger partial charge in [-0.15, -0.1) is 11.3 Å². The van der Waals surface area contributed by atoms with Crippen molar-refractivity contribution in [3.8, 4) is 0 Å². The molecule has 0 aliphatic heterocycles. The standard InChI is InChI=1S/C10H17N3OS/c1-8(4-5-13(2)3)12-10(14)9-6-15-7-11-9/h6-8H,4-5H2,1-3H3,(H,12,14). The van der Waals surface area contributed by atoms with Gasteiger partial charge in [0.2, 0.25) is 0 Å². The molecule has 0 aromatic carbocycles. The second-order valence-corrected chi connectivity index (χ2v) is 4.56. The van der Waals surface area contributed by atoms with Crippen molar-refractivity contribution in [2.24, 2.45) is 0 Å². The number of thiazole rings is 1. The highest BCUT2D eigenvalue weighted by atomic mass is 32.1. The van der Waals surface area contributed by atoms with Gasteiger partial charge < -0.3 is 10.2 Å². The van der Waals surface area contributed by atoms with Crippen molar-refractivity contribution in [3.05, 3.63) is 16.6 Å². The van der Waals surface area contributed by atoms with Gasteiger partial charge >= 0.3 is 0 Å². The maximum absolute atomic E-state index is 11.6. The summed E-state index contributed by atoms with van der Waals surface area (Å²) in [5, 5.41) is 4.67. The topological polar surface area (TPSA) is 45.2 Å². The first-order chi connectivity index (χ1) is 7.09. The smallest absolute Gasteiger partial charge is 0.270 e. The summed E-state index contributed by atoms with van der Waals surface area (Å²) in [4.78, 5) is 17.6. The molecule has 0 saturated heterocycles. The molecule has 15 heavy (non-hydrogen) atoms. The Balaban J connectivity index is 2.32. The first kappa shape index (κ1) is 12.1. The van der Waals surface area contributed by atoms with Crippen LogP contribution in [0.25, 0.3) is 0 Å². The second-order valence-electron chi connectivity index (χ2n) is 3.84. The van der Waals surface area contributed by atoms with E-state index in [0.29, 0.717) is 5.69 Å². The van der Waals surface area contributed by atoms with Crippen LogP contribution in [0.2, 0.25) is 0 Å². The Morgan fingerprint density at radius 1 is 1.67 bits per heavy atom. The Morgan fingerprint density at radius 3 is 2.93 bits per heavy atom. The maximum atomic E-state index is 11.6. The van der Waals surface area contributed by atoms with E-state index in [1.54, 1.807) is 10.9 Å². The van der Waals surface area contributed by atoms with Gasteiger partial charge in [-0.3, -0.25) is 4.79 Å². The first-order valence-electron chi connectivity index (χ1n) is 4.93. The predicted octanol–water partition coefficient (Wildman–Crippen LogP) is 1.21. The fourth-order valence-corrected chi connectivity index (χ4v) is 1.68. The quantitative estimate of drug-likeness (QED) is 0.822. The SMILES string of the molecule is CC(CCN(C)C)NC(=O)c1cscn1. The molecule has 1 N–H and O–H groups in total. The van der Waals surface area contributed by atoms with Crippen LogP contribution in [0.3, 0.4) is 0 Å². The van der Waals surface area contributed by atoms with Crippen molar-refractivity contribution in [3.63, 3.8) is 0 Å². The Labute approximate surface area is 94.3 Å². The van der Waals surface area contributed by atoms with Gasteiger partial charge in [0.15, 0.2) is 0 Å². The van der Waals surface area contributed by atoms with Crippen LogP contribution in [-0.2, 0) is 0 Å². The van der Waals surface area contributed by atoms with Crippen LogP contribution in [-0.4, -0.2) is 42.5 Å². The Bertz CT molecular complexity index is 298. The minimum atomic E-state index is -0.0810. The van der Waals surface area contributed by atoms with E-state index in [9.17, 15) is 4.79 Å². The molecule has 0 aliphatic carbocycles. The van der Waals surface area contributed by atoms with Crippen molar-refractivity contribution in [1.29, 1.82) is 0 Å². The molecule has 0 bridgehead atoms. The van der Waals surface area contributed by atoms with Crippen LogP contribution in [0.4, 0.5) is 0 Å². The molecule has 0 radical (unpaired) electrons. The summed E-state index contributed by atoms with van der Waals surface area (Å²) < 4.78 is 0. The molecular weight excluding hydrogens is 210 g/mol. The molecular formula is C10H17N3OS. The molecule has 1 heterocycles. The molecule has 1 rings (SSSR count). The van der Waals surface area contributed by atoms with E-state index in [4.69, 9.17) is 0 Å². The average Bonchev–Trinajstić information content (AvgIpc) is 2.67. The highest BCUT2D eigenvalue weighted by Crippen LogP contribution is 2.01. The summed E-state index contributed by atoms with van der Waals surface area (Å²) >= 11 is 1.43. The third-order valence-electron chi connectivity index (χ3n) is 2.05. The lowest BCUT2D eigenvalue weighted by atomic mass is 10.2. The van der Waals surface area contributed by atoms with Gasteiger partial charge in [0.1, 0.15) is 5.69 Å². The normalized spacial score (nSPS) is 12.8. The molecule has 1 atom stereocenters. The van der Waals surface area contributed by atoms with E-state index in [-0.39, 0.29) is 11.9 Å². The molecule has 0 saturated carbocycles. The lowest BCUT2D eigenvalue weighted by molar-refractivity contribution is 0.0932. The zero-order chi connectivity index (χ0) is 11.3. The highest BCUT2D eigenvalue weighted by Gasteiger charge is 2.10. The number of amides is 1. The van der Waals surface area contributed by atoms with E-state index in [2.05, 4.69) is 15.2 Å².